The number of hydrogen-bond donors (Lipinski definition) is 0. The minimum absolute atomic E-state index is 0. The van der Waals surface area contributed by atoms with Crippen molar-refractivity contribution in [3.8, 4) is 0 Å². The van der Waals surface area contributed by atoms with Crippen molar-refractivity contribution in [2.75, 3.05) is 20.1 Å². The number of allylic oxidation sites excluding steroid dienone is 4. The number of likely N-dealkylation sites (tertiary alicyclic amines) is 1. The molecule has 0 saturated carbocycles. The number of rotatable bonds is 6. The van der Waals surface area contributed by atoms with Gasteiger partial charge in [-0.2, -0.15) is 0 Å². The van der Waals surface area contributed by atoms with E-state index in [0.717, 1.165) is 13.1 Å². The van der Waals surface area contributed by atoms with E-state index in [9.17, 15) is 51.8 Å². The Hall–Kier alpha value is -2.84. The molecule has 0 N–H and O–H groups in total. The van der Waals surface area contributed by atoms with Crippen molar-refractivity contribution in [3.05, 3.63) is 146 Å². The first kappa shape index (κ1) is 51.2. The maximum absolute atomic E-state index is 9.75. The first-order valence-electron chi connectivity index (χ1n) is 17.2. The molecular weight excluding hydrogens is 884 g/mol. The molecule has 0 spiro atoms. The fraction of sp³-hybridized carbons (Fsp3) is 0.243. The largest absolute Gasteiger partial charge is 3.00 e. The number of benzene rings is 4. The van der Waals surface area contributed by atoms with Crippen molar-refractivity contribution in [1.29, 1.82) is 0 Å². The zero-order chi connectivity index (χ0) is 40.9. The third-order valence-corrected chi connectivity index (χ3v) is 13.6. The molecule has 1 saturated heterocycles. The van der Waals surface area contributed by atoms with Crippen LogP contribution in [0.3, 0.4) is 0 Å². The molecule has 0 bridgehead atoms. The molecule has 1 aliphatic carbocycles. The van der Waals surface area contributed by atoms with Gasteiger partial charge in [0, 0.05) is 24.4 Å². The summed E-state index contributed by atoms with van der Waals surface area (Å²) in [5.74, 6) is 0. The van der Waals surface area contributed by atoms with E-state index in [1.807, 2.05) is 0 Å². The van der Waals surface area contributed by atoms with Crippen LogP contribution < -0.4 is 21.2 Å². The molecule has 0 unspecified atom stereocenters. The van der Waals surface area contributed by atoms with Gasteiger partial charge in [-0.25, -0.2) is 0 Å². The van der Waals surface area contributed by atoms with Crippen LogP contribution in [0.2, 0.25) is 0 Å². The molecule has 19 heteroatoms. The van der Waals surface area contributed by atoms with Gasteiger partial charge in [-0.3, -0.25) is 0 Å². The van der Waals surface area contributed by atoms with E-state index in [0.29, 0.717) is 11.3 Å². The van der Waals surface area contributed by atoms with Crippen molar-refractivity contribution in [3.63, 3.8) is 0 Å². The first-order valence-corrected chi connectivity index (χ1v) is 20.0. The predicted molar refractivity (Wildman–Crippen MR) is 211 cm³/mol. The van der Waals surface area contributed by atoms with E-state index in [2.05, 4.69) is 158 Å². The molecule has 1 fully saturated rings. The average molecular weight is 925 g/mol. The van der Waals surface area contributed by atoms with Gasteiger partial charge in [0.25, 0.3) is 0 Å². The van der Waals surface area contributed by atoms with E-state index in [1.54, 1.807) is 0 Å². The normalized spacial score (nSPS) is 18.1. The Morgan fingerprint density at radius 1 is 0.393 bits per heavy atom. The van der Waals surface area contributed by atoms with Crippen LogP contribution in [0.15, 0.2) is 146 Å². The third kappa shape index (κ3) is 24.0. The summed E-state index contributed by atoms with van der Waals surface area (Å²) in [6.45, 7) is 2.30. The summed E-state index contributed by atoms with van der Waals surface area (Å²) in [6, 6.07) is 45.0. The zero-order valence-corrected chi connectivity index (χ0v) is 33.6. The summed E-state index contributed by atoms with van der Waals surface area (Å²) < 4.78 is 117. The molecule has 6 rings (SSSR count). The van der Waals surface area contributed by atoms with Crippen LogP contribution >= 0.6 is 15.8 Å². The van der Waals surface area contributed by atoms with Crippen LogP contribution in [0.4, 0.5) is 51.8 Å². The summed E-state index contributed by atoms with van der Waals surface area (Å²) in [5, 5.41) is 5.98. The summed E-state index contributed by atoms with van der Waals surface area (Å²) >= 11 is 0. The average Bonchev–Trinajstić information content (AvgIpc) is 3.44. The van der Waals surface area contributed by atoms with Crippen molar-refractivity contribution in [2.45, 2.75) is 37.0 Å². The van der Waals surface area contributed by atoms with Gasteiger partial charge < -0.3 is 56.7 Å². The van der Waals surface area contributed by atoms with Crippen LogP contribution in [0.1, 0.15) is 25.7 Å². The standard InChI is InChI=1S/C29H29NP2.C8H12.3BF4.Rh/c1-30-22-28(31(24-14-6-2-7-15-24)25-16-8-3-9-17-25)29(23-30)32(26-18-10-4-11-19-26)27-20-12-5-13-21-27;1-2-4-6-8-7-5-3-1;3*2-1(3,4)5;/h2-21,28-29H,22-23H2,1H3;1-2,7-8H,3-6H2;;;;/q;;3*-1;+3/b;2-1-,8-7-;;;;/t28-,29-;;;;;/m1...../s1. The van der Waals surface area contributed by atoms with Crippen LogP contribution in [-0.4, -0.2) is 58.1 Å². The first-order chi connectivity index (χ1) is 25.8. The summed E-state index contributed by atoms with van der Waals surface area (Å²) in [4.78, 5) is 2.57. The summed E-state index contributed by atoms with van der Waals surface area (Å²) in [7, 11) is -16.6. The van der Waals surface area contributed by atoms with Gasteiger partial charge >= 0.3 is 41.2 Å². The van der Waals surface area contributed by atoms with Gasteiger partial charge in [0.15, 0.2) is 0 Å². The van der Waals surface area contributed by atoms with Crippen LogP contribution in [0, 0.1) is 0 Å². The number of hydrogen-bond acceptors (Lipinski definition) is 1. The van der Waals surface area contributed by atoms with Gasteiger partial charge in [-0.1, -0.05) is 146 Å². The number of nitrogens with zero attached hydrogens (tertiary/aromatic N) is 1. The Kier molecular flexibility index (Phi) is 24.0. The molecule has 4 aromatic rings. The third-order valence-electron chi connectivity index (χ3n) is 7.58. The van der Waals surface area contributed by atoms with Crippen LogP contribution in [-0.2, 0) is 19.5 Å². The monoisotopic (exact) mass is 925 g/mol. The molecule has 1 nitrogen and oxygen atoms in total. The Labute approximate surface area is 336 Å². The van der Waals surface area contributed by atoms with Gasteiger partial charge in [-0.15, -0.1) is 0 Å². The minimum Gasteiger partial charge on any atom is -0.418 e. The Morgan fingerprint density at radius 2 is 0.571 bits per heavy atom. The van der Waals surface area contributed by atoms with Gasteiger partial charge in [0.2, 0.25) is 0 Å². The molecule has 0 amide bonds. The van der Waals surface area contributed by atoms with E-state index in [1.165, 1.54) is 46.9 Å². The maximum Gasteiger partial charge on any atom is 3.00 e. The van der Waals surface area contributed by atoms with E-state index in [-0.39, 0.29) is 19.5 Å². The summed E-state index contributed by atoms with van der Waals surface area (Å²) in [6.07, 6.45) is 14.0. The van der Waals surface area contributed by atoms with Crippen LogP contribution in [0.25, 0.3) is 0 Å². The van der Waals surface area contributed by atoms with Gasteiger partial charge in [0.05, 0.1) is 0 Å². The Balaban J connectivity index is 0.000000533. The predicted octanol–water partition coefficient (Wildman–Crippen LogP) is 11.5. The molecule has 1 aliphatic heterocycles. The van der Waals surface area contributed by atoms with Crippen molar-refractivity contribution >= 4 is 58.8 Å². The molecule has 4 aromatic carbocycles. The van der Waals surface area contributed by atoms with Crippen LogP contribution in [0.5, 0.6) is 0 Å². The smallest absolute Gasteiger partial charge is 0.418 e. The summed E-state index contributed by atoms with van der Waals surface area (Å²) in [5.41, 5.74) is 1.23. The quantitative estimate of drug-likeness (QED) is 0.0806. The topological polar surface area (TPSA) is 3.24 Å². The molecule has 0 aromatic heterocycles. The zero-order valence-electron chi connectivity index (χ0n) is 30.2. The molecule has 2 aliphatic rings. The van der Waals surface area contributed by atoms with Crippen molar-refractivity contribution in [1.82, 2.24) is 4.90 Å². The molecule has 0 radical (unpaired) electrons. The number of halogens is 12. The molecule has 1 heterocycles. The van der Waals surface area contributed by atoms with Gasteiger partial charge in [0.1, 0.15) is 0 Å². The molecular formula is C37H41B3F12NP2Rh. The maximum atomic E-state index is 9.75. The SMILES string of the molecule is C1=C\CC/C=C\CC/1.CN1C[C@@H](P(c2ccccc2)c2ccccc2)[C@H](P(c2ccccc2)c2ccccc2)C1.F[B-](F)(F)F.F[B-](F)(F)F.F[B-](F)(F)F.[Rh+3]. The molecule has 2 atom stereocenters. The van der Waals surface area contributed by atoms with E-state index < -0.39 is 37.6 Å². The Morgan fingerprint density at radius 3 is 0.750 bits per heavy atom. The minimum atomic E-state index is -6.00. The second-order valence-electron chi connectivity index (χ2n) is 12.0. The fourth-order valence-corrected chi connectivity index (χ4v) is 12.4. The second-order valence-corrected chi connectivity index (χ2v) is 16.9. The van der Waals surface area contributed by atoms with Crippen molar-refractivity contribution < 1.29 is 71.3 Å². The van der Waals surface area contributed by atoms with Crippen molar-refractivity contribution in [2.24, 2.45) is 0 Å². The van der Waals surface area contributed by atoms with Gasteiger partial charge in [-0.05, 0) is 69.8 Å². The second kappa shape index (κ2) is 26.2. The Bertz CT molecular complexity index is 1410. The molecule has 56 heavy (non-hydrogen) atoms. The molecule has 306 valence electrons. The fourth-order valence-electron chi connectivity index (χ4n) is 5.74. The van der Waals surface area contributed by atoms with E-state index in [4.69, 9.17) is 0 Å². The van der Waals surface area contributed by atoms with E-state index >= 15 is 0 Å².